The maximum atomic E-state index is 12.6. The van der Waals surface area contributed by atoms with E-state index in [4.69, 9.17) is 4.74 Å². The fourth-order valence-electron chi connectivity index (χ4n) is 2.54. The van der Waals surface area contributed by atoms with Crippen LogP contribution in [0.5, 0.6) is 0 Å². The Morgan fingerprint density at radius 3 is 2.26 bits per heavy atom. The molecule has 1 aromatic carbocycles. The van der Waals surface area contributed by atoms with Crippen molar-refractivity contribution >= 4 is 17.9 Å². The van der Waals surface area contributed by atoms with Gasteiger partial charge in [-0.2, -0.15) is 0 Å². The quantitative estimate of drug-likeness (QED) is 0.583. The number of carbonyl (C=O) groups excluding carboxylic acids is 3. The number of unbranched alkanes of at least 4 members (excludes halogenated alkanes) is 1. The lowest BCUT2D eigenvalue weighted by atomic mass is 10.0. The average Bonchev–Trinajstić information content (AvgIpc) is 2.67. The maximum absolute atomic E-state index is 12.6. The summed E-state index contributed by atoms with van der Waals surface area (Å²) in [6, 6.07) is 7.88. The lowest BCUT2D eigenvalue weighted by Gasteiger charge is -2.24. The lowest BCUT2D eigenvalue weighted by molar-refractivity contribution is -0.130. The predicted molar refractivity (Wildman–Crippen MR) is 104 cm³/mol. The van der Waals surface area contributed by atoms with Crippen LogP contribution in [0.15, 0.2) is 30.3 Å². The highest BCUT2D eigenvalue weighted by molar-refractivity contribution is 5.91. The zero-order valence-corrected chi connectivity index (χ0v) is 16.6. The largest absolute Gasteiger partial charge is 0.445 e. The lowest BCUT2D eigenvalue weighted by Crippen LogP contribution is -2.55. The predicted octanol–water partition coefficient (Wildman–Crippen LogP) is 2.36. The highest BCUT2D eigenvalue weighted by atomic mass is 16.5. The van der Waals surface area contributed by atoms with E-state index in [1.807, 2.05) is 51.1 Å². The highest BCUT2D eigenvalue weighted by Crippen LogP contribution is 2.07. The number of hydrogen-bond donors (Lipinski definition) is 3. The van der Waals surface area contributed by atoms with E-state index in [2.05, 4.69) is 16.0 Å². The van der Waals surface area contributed by atoms with E-state index in [1.165, 1.54) is 7.05 Å². The molecule has 0 aliphatic heterocycles. The van der Waals surface area contributed by atoms with Crippen molar-refractivity contribution in [3.05, 3.63) is 35.9 Å². The summed E-state index contributed by atoms with van der Waals surface area (Å²) < 4.78 is 5.19. The first-order valence-corrected chi connectivity index (χ1v) is 9.38. The van der Waals surface area contributed by atoms with Gasteiger partial charge >= 0.3 is 6.09 Å². The van der Waals surface area contributed by atoms with E-state index in [9.17, 15) is 14.4 Å². The molecule has 0 aliphatic rings. The summed E-state index contributed by atoms with van der Waals surface area (Å²) in [7, 11) is 1.53. The van der Waals surface area contributed by atoms with E-state index in [1.54, 1.807) is 0 Å². The molecule has 2 atom stereocenters. The van der Waals surface area contributed by atoms with Gasteiger partial charge in [0, 0.05) is 7.05 Å². The molecule has 0 aromatic heterocycles. The van der Waals surface area contributed by atoms with Crippen molar-refractivity contribution in [2.24, 2.45) is 5.92 Å². The molecule has 150 valence electrons. The second-order valence-corrected chi connectivity index (χ2v) is 6.75. The molecule has 0 radical (unpaired) electrons. The van der Waals surface area contributed by atoms with Crippen LogP contribution in [-0.4, -0.2) is 37.0 Å². The van der Waals surface area contributed by atoms with Gasteiger partial charge in [-0.3, -0.25) is 9.59 Å². The van der Waals surface area contributed by atoms with Crippen molar-refractivity contribution in [2.75, 3.05) is 7.05 Å². The molecule has 0 bridgehead atoms. The fourth-order valence-corrected chi connectivity index (χ4v) is 2.54. The van der Waals surface area contributed by atoms with Crippen LogP contribution in [0.2, 0.25) is 0 Å². The molecule has 27 heavy (non-hydrogen) atoms. The number of hydrogen-bond acceptors (Lipinski definition) is 4. The highest BCUT2D eigenvalue weighted by Gasteiger charge is 2.28. The Labute approximate surface area is 161 Å². The minimum atomic E-state index is -0.790. The topological polar surface area (TPSA) is 96.5 Å². The minimum Gasteiger partial charge on any atom is -0.445 e. The van der Waals surface area contributed by atoms with Crippen molar-refractivity contribution in [1.29, 1.82) is 0 Å². The molecule has 1 aromatic rings. The second kappa shape index (κ2) is 11.9. The number of benzene rings is 1. The first-order chi connectivity index (χ1) is 12.9. The van der Waals surface area contributed by atoms with Gasteiger partial charge in [0.15, 0.2) is 0 Å². The number of alkyl carbamates (subject to hydrolysis) is 1. The summed E-state index contributed by atoms with van der Waals surface area (Å²) in [6.07, 6.45) is 1.61. The molecule has 0 saturated heterocycles. The molecule has 0 heterocycles. The first-order valence-electron chi connectivity index (χ1n) is 9.38. The van der Waals surface area contributed by atoms with Gasteiger partial charge in [0.2, 0.25) is 11.8 Å². The summed E-state index contributed by atoms with van der Waals surface area (Å²) in [6.45, 7) is 5.78. The van der Waals surface area contributed by atoms with Crippen LogP contribution in [0.25, 0.3) is 0 Å². The molecule has 0 fully saturated rings. The van der Waals surface area contributed by atoms with Gasteiger partial charge in [0.05, 0.1) is 0 Å². The van der Waals surface area contributed by atoms with Gasteiger partial charge in [-0.25, -0.2) is 4.79 Å². The van der Waals surface area contributed by atoms with Crippen LogP contribution in [0.3, 0.4) is 0 Å². The molecule has 7 heteroatoms. The van der Waals surface area contributed by atoms with Gasteiger partial charge in [-0.15, -0.1) is 0 Å². The Bertz CT molecular complexity index is 605. The first kappa shape index (κ1) is 22.5. The van der Waals surface area contributed by atoms with Crippen molar-refractivity contribution in [3.63, 3.8) is 0 Å². The molecule has 0 saturated carbocycles. The number of ether oxygens (including phenoxy) is 1. The van der Waals surface area contributed by atoms with Crippen molar-refractivity contribution in [1.82, 2.24) is 16.0 Å². The molecule has 0 aliphatic carbocycles. The average molecular weight is 377 g/mol. The minimum absolute atomic E-state index is 0.122. The Kier molecular flexibility index (Phi) is 9.93. The van der Waals surface area contributed by atoms with Gasteiger partial charge in [0.25, 0.3) is 0 Å². The van der Waals surface area contributed by atoms with E-state index >= 15 is 0 Å². The Morgan fingerprint density at radius 1 is 1.04 bits per heavy atom. The number of nitrogens with one attached hydrogen (secondary N) is 3. The summed E-state index contributed by atoms with van der Waals surface area (Å²) in [5, 5.41) is 7.90. The van der Waals surface area contributed by atoms with E-state index in [0.29, 0.717) is 6.42 Å². The number of likely N-dealkylation sites (N-methyl/N-ethyl adjacent to an activating group) is 1. The van der Waals surface area contributed by atoms with Crippen LogP contribution in [0.4, 0.5) is 4.79 Å². The molecule has 7 nitrogen and oxygen atoms in total. The third-order valence-electron chi connectivity index (χ3n) is 4.16. The second-order valence-electron chi connectivity index (χ2n) is 6.75. The molecule has 3 amide bonds. The number of rotatable bonds is 10. The third-order valence-corrected chi connectivity index (χ3v) is 4.16. The van der Waals surface area contributed by atoms with Gasteiger partial charge in [-0.05, 0) is 17.9 Å². The monoisotopic (exact) mass is 377 g/mol. The van der Waals surface area contributed by atoms with Crippen LogP contribution >= 0.6 is 0 Å². The van der Waals surface area contributed by atoms with Crippen molar-refractivity contribution in [2.45, 2.75) is 58.7 Å². The Balaban J connectivity index is 2.65. The molecular formula is C20H31N3O4. The standard InChI is InChI=1S/C20H31N3O4/c1-5-6-12-16(18(24)21-4)22-19(25)17(14(2)3)23-20(26)27-13-15-10-8-7-9-11-15/h7-11,14,16-17H,5-6,12-13H2,1-4H3,(H,21,24)(H,22,25)(H,23,26)/t16-,17-/m0/s1. The zero-order chi connectivity index (χ0) is 20.2. The van der Waals surface area contributed by atoms with Gasteiger partial charge < -0.3 is 20.7 Å². The number of amides is 3. The van der Waals surface area contributed by atoms with E-state index < -0.39 is 24.1 Å². The van der Waals surface area contributed by atoms with Crippen molar-refractivity contribution < 1.29 is 19.1 Å². The molecular weight excluding hydrogens is 346 g/mol. The van der Waals surface area contributed by atoms with Crippen LogP contribution in [-0.2, 0) is 20.9 Å². The van der Waals surface area contributed by atoms with Crippen LogP contribution < -0.4 is 16.0 Å². The normalized spacial score (nSPS) is 12.8. The Morgan fingerprint density at radius 2 is 1.70 bits per heavy atom. The Hall–Kier alpha value is -2.57. The SMILES string of the molecule is CCCC[C@H](NC(=O)[C@@H](NC(=O)OCc1ccccc1)C(C)C)C(=O)NC. The molecule has 3 N–H and O–H groups in total. The number of carbonyl (C=O) groups is 3. The molecule has 0 unspecified atom stereocenters. The van der Waals surface area contributed by atoms with Gasteiger partial charge in [-0.1, -0.05) is 63.9 Å². The smallest absolute Gasteiger partial charge is 0.408 e. The fraction of sp³-hybridized carbons (Fsp3) is 0.550. The molecule has 0 spiro atoms. The molecule has 1 rings (SSSR count). The van der Waals surface area contributed by atoms with E-state index in [0.717, 1.165) is 18.4 Å². The summed E-state index contributed by atoms with van der Waals surface area (Å²) in [4.78, 5) is 36.7. The van der Waals surface area contributed by atoms with Crippen LogP contribution in [0, 0.1) is 5.92 Å². The third kappa shape index (κ3) is 8.11. The maximum Gasteiger partial charge on any atom is 0.408 e. The zero-order valence-electron chi connectivity index (χ0n) is 16.6. The van der Waals surface area contributed by atoms with Crippen molar-refractivity contribution in [3.8, 4) is 0 Å². The summed E-state index contributed by atoms with van der Waals surface area (Å²) in [5.41, 5.74) is 0.859. The van der Waals surface area contributed by atoms with Crippen LogP contribution in [0.1, 0.15) is 45.6 Å². The summed E-state index contributed by atoms with van der Waals surface area (Å²) in [5.74, 6) is -0.803. The summed E-state index contributed by atoms with van der Waals surface area (Å²) >= 11 is 0. The van der Waals surface area contributed by atoms with Gasteiger partial charge in [0.1, 0.15) is 18.7 Å². The van der Waals surface area contributed by atoms with E-state index in [-0.39, 0.29) is 18.4 Å².